The Labute approximate surface area is 145 Å². The number of benzene rings is 1. The maximum atomic E-state index is 12.6. The van der Waals surface area contributed by atoms with Crippen molar-refractivity contribution in [2.24, 2.45) is 0 Å². The summed E-state index contributed by atoms with van der Waals surface area (Å²) in [6, 6.07) is 9.76. The van der Waals surface area contributed by atoms with Crippen molar-refractivity contribution in [1.82, 2.24) is 20.2 Å². The van der Waals surface area contributed by atoms with Gasteiger partial charge in [-0.2, -0.15) is 5.10 Å². The fraction of sp³-hybridized carbons (Fsp3) is 0.263. The highest BCUT2D eigenvalue weighted by molar-refractivity contribution is 5.95. The number of aromatic amines is 1. The number of carbonyl (C=O) groups is 1. The second kappa shape index (κ2) is 6.47. The zero-order chi connectivity index (χ0) is 17.2. The van der Waals surface area contributed by atoms with Crippen LogP contribution in [0.15, 0.2) is 48.9 Å². The van der Waals surface area contributed by atoms with Gasteiger partial charge in [0.15, 0.2) is 5.82 Å². The number of hydrogen-bond acceptors (Lipinski definition) is 4. The molecule has 0 spiro atoms. The van der Waals surface area contributed by atoms with E-state index in [1.54, 1.807) is 18.6 Å². The summed E-state index contributed by atoms with van der Waals surface area (Å²) in [5, 5.41) is 10.1. The Kier molecular flexibility index (Phi) is 4.01. The van der Waals surface area contributed by atoms with Gasteiger partial charge in [0, 0.05) is 35.6 Å². The molecule has 1 aliphatic carbocycles. The lowest BCUT2D eigenvalue weighted by Gasteiger charge is -2.12. The van der Waals surface area contributed by atoms with E-state index in [-0.39, 0.29) is 11.8 Å². The number of nitrogens with one attached hydrogen (secondary N) is 2. The first-order chi connectivity index (χ1) is 12.2. The van der Waals surface area contributed by atoms with Crippen molar-refractivity contribution in [1.29, 1.82) is 0 Å². The summed E-state index contributed by atoms with van der Waals surface area (Å²) in [6.45, 7) is 1.89. The molecule has 3 aromatic rings. The molecule has 126 valence electrons. The van der Waals surface area contributed by atoms with Crippen molar-refractivity contribution in [3.63, 3.8) is 0 Å². The predicted octanol–water partition coefficient (Wildman–Crippen LogP) is 3.49. The summed E-state index contributed by atoms with van der Waals surface area (Å²) in [5.41, 5.74) is 3.77. The Morgan fingerprint density at radius 3 is 2.92 bits per heavy atom. The van der Waals surface area contributed by atoms with Crippen LogP contribution in [0.4, 0.5) is 5.82 Å². The quantitative estimate of drug-likeness (QED) is 0.748. The van der Waals surface area contributed by atoms with E-state index < -0.39 is 0 Å². The maximum Gasteiger partial charge on any atom is 0.232 e. The maximum absolute atomic E-state index is 12.6. The van der Waals surface area contributed by atoms with Crippen LogP contribution in [-0.2, 0) is 4.79 Å². The van der Waals surface area contributed by atoms with E-state index in [2.05, 4.69) is 25.5 Å². The molecule has 2 heterocycles. The number of anilines is 1. The van der Waals surface area contributed by atoms with Gasteiger partial charge in [0.25, 0.3) is 0 Å². The fourth-order valence-electron chi connectivity index (χ4n) is 2.81. The minimum atomic E-state index is -0.294. The molecule has 1 aliphatic rings. The lowest BCUT2D eigenvalue weighted by Crippen LogP contribution is -2.19. The molecule has 1 fully saturated rings. The fourth-order valence-corrected chi connectivity index (χ4v) is 2.81. The van der Waals surface area contributed by atoms with Gasteiger partial charge in [-0.05, 0) is 31.4 Å². The monoisotopic (exact) mass is 333 g/mol. The molecule has 1 atom stereocenters. The van der Waals surface area contributed by atoms with E-state index in [0.717, 1.165) is 22.5 Å². The normalized spacial score (nSPS) is 14.9. The Morgan fingerprint density at radius 1 is 1.28 bits per heavy atom. The topological polar surface area (TPSA) is 83.6 Å². The summed E-state index contributed by atoms with van der Waals surface area (Å²) in [4.78, 5) is 21.0. The summed E-state index contributed by atoms with van der Waals surface area (Å²) in [5.74, 6) is 0.797. The van der Waals surface area contributed by atoms with Gasteiger partial charge in [0.05, 0.1) is 17.8 Å². The molecule has 0 bridgehead atoms. The second-order valence-corrected chi connectivity index (χ2v) is 6.41. The smallest absolute Gasteiger partial charge is 0.232 e. The molecule has 1 aromatic carbocycles. The van der Waals surface area contributed by atoms with Crippen molar-refractivity contribution >= 4 is 11.7 Å². The number of amides is 1. The Hall–Kier alpha value is -3.02. The first-order valence-electron chi connectivity index (χ1n) is 8.43. The summed E-state index contributed by atoms with van der Waals surface area (Å²) in [6.07, 6.45) is 7.41. The van der Waals surface area contributed by atoms with Gasteiger partial charge in [0.2, 0.25) is 5.91 Å². The van der Waals surface area contributed by atoms with Crippen molar-refractivity contribution in [2.45, 2.75) is 31.6 Å². The second-order valence-electron chi connectivity index (χ2n) is 6.41. The third-order valence-corrected chi connectivity index (χ3v) is 4.50. The molecule has 0 saturated heterocycles. The zero-order valence-electron chi connectivity index (χ0n) is 13.9. The predicted molar refractivity (Wildman–Crippen MR) is 95.1 cm³/mol. The number of aromatic nitrogens is 4. The number of hydrogen-bond donors (Lipinski definition) is 2. The molecule has 0 radical (unpaired) electrons. The van der Waals surface area contributed by atoms with Gasteiger partial charge >= 0.3 is 0 Å². The van der Waals surface area contributed by atoms with Gasteiger partial charge in [-0.15, -0.1) is 0 Å². The van der Waals surface area contributed by atoms with Gasteiger partial charge < -0.3 is 5.32 Å². The van der Waals surface area contributed by atoms with Crippen LogP contribution in [-0.4, -0.2) is 26.1 Å². The van der Waals surface area contributed by atoms with E-state index in [1.165, 1.54) is 12.8 Å². The van der Waals surface area contributed by atoms with Crippen LogP contribution in [0.5, 0.6) is 0 Å². The van der Waals surface area contributed by atoms with Crippen LogP contribution in [0.2, 0.25) is 0 Å². The molecule has 6 nitrogen and oxygen atoms in total. The summed E-state index contributed by atoms with van der Waals surface area (Å²) < 4.78 is 0. The van der Waals surface area contributed by atoms with Crippen LogP contribution in [0.1, 0.15) is 42.9 Å². The Morgan fingerprint density at radius 2 is 2.16 bits per heavy atom. The highest BCUT2D eigenvalue weighted by atomic mass is 16.1. The van der Waals surface area contributed by atoms with Gasteiger partial charge in [-0.25, -0.2) is 0 Å². The molecule has 25 heavy (non-hydrogen) atoms. The third kappa shape index (κ3) is 3.42. The molecule has 2 aromatic heterocycles. The van der Waals surface area contributed by atoms with Crippen molar-refractivity contribution in [3.8, 4) is 11.3 Å². The standard InChI is InChI=1S/C19H19N5O/c1-12(19(25)22-18-10-16(23-24-18)13-5-6-13)14-3-2-4-15(9-14)17-11-20-7-8-21-17/h2-4,7-13H,5-6H2,1H3,(H2,22,23,24,25). The minimum absolute atomic E-state index is 0.0786. The van der Waals surface area contributed by atoms with E-state index >= 15 is 0 Å². The molecule has 1 unspecified atom stereocenters. The van der Waals surface area contributed by atoms with Crippen molar-refractivity contribution in [3.05, 3.63) is 60.2 Å². The third-order valence-electron chi connectivity index (χ3n) is 4.50. The van der Waals surface area contributed by atoms with Crippen LogP contribution in [0, 0.1) is 0 Å². The SMILES string of the molecule is CC(C(=O)Nc1cc(C2CC2)[nH]n1)c1cccc(-c2cnccn2)c1. The molecule has 0 aliphatic heterocycles. The number of H-pyrrole nitrogens is 1. The van der Waals surface area contributed by atoms with Crippen LogP contribution >= 0.6 is 0 Å². The highest BCUT2D eigenvalue weighted by Crippen LogP contribution is 2.39. The average Bonchev–Trinajstić information content (AvgIpc) is 3.41. The summed E-state index contributed by atoms with van der Waals surface area (Å²) >= 11 is 0. The van der Waals surface area contributed by atoms with E-state index in [1.807, 2.05) is 37.3 Å². The number of carbonyl (C=O) groups excluding carboxylic acids is 1. The molecule has 6 heteroatoms. The summed E-state index contributed by atoms with van der Waals surface area (Å²) in [7, 11) is 0. The lowest BCUT2D eigenvalue weighted by atomic mass is 9.97. The molecule has 2 N–H and O–H groups in total. The molecule has 1 amide bonds. The van der Waals surface area contributed by atoms with Gasteiger partial charge in [-0.3, -0.25) is 19.9 Å². The first-order valence-corrected chi connectivity index (χ1v) is 8.43. The zero-order valence-corrected chi connectivity index (χ0v) is 13.9. The van der Waals surface area contributed by atoms with Crippen molar-refractivity contribution in [2.75, 3.05) is 5.32 Å². The molecule has 1 saturated carbocycles. The number of nitrogens with zero attached hydrogens (tertiary/aromatic N) is 3. The minimum Gasteiger partial charge on any atom is -0.309 e. The average molecular weight is 333 g/mol. The van der Waals surface area contributed by atoms with Gasteiger partial charge in [-0.1, -0.05) is 18.2 Å². The largest absolute Gasteiger partial charge is 0.309 e. The van der Waals surface area contributed by atoms with Crippen LogP contribution in [0.3, 0.4) is 0 Å². The van der Waals surface area contributed by atoms with Crippen molar-refractivity contribution < 1.29 is 4.79 Å². The molecular weight excluding hydrogens is 314 g/mol. The molecule has 4 rings (SSSR count). The molecular formula is C19H19N5O. The lowest BCUT2D eigenvalue weighted by molar-refractivity contribution is -0.117. The Bertz CT molecular complexity index is 886. The number of rotatable bonds is 5. The van der Waals surface area contributed by atoms with E-state index in [0.29, 0.717) is 11.7 Å². The van der Waals surface area contributed by atoms with Crippen LogP contribution < -0.4 is 5.32 Å². The van der Waals surface area contributed by atoms with Crippen LogP contribution in [0.25, 0.3) is 11.3 Å². The van der Waals surface area contributed by atoms with E-state index in [9.17, 15) is 4.79 Å². The van der Waals surface area contributed by atoms with Gasteiger partial charge in [0.1, 0.15) is 0 Å². The highest BCUT2D eigenvalue weighted by Gasteiger charge is 2.26. The Balaban J connectivity index is 1.49. The van der Waals surface area contributed by atoms with E-state index in [4.69, 9.17) is 0 Å². The first kappa shape index (κ1) is 15.5.